The van der Waals surface area contributed by atoms with Crippen LogP contribution in [0.2, 0.25) is 0 Å². The van der Waals surface area contributed by atoms with Gasteiger partial charge in [-0.25, -0.2) is 0 Å². The van der Waals surface area contributed by atoms with E-state index in [4.69, 9.17) is 14.2 Å². The molecule has 4 rings (SSSR count). The first kappa shape index (κ1) is 18.3. The average Bonchev–Trinajstić information content (AvgIpc) is 3.18. The number of hydrogen-bond donors (Lipinski definition) is 1. The van der Waals surface area contributed by atoms with Crippen molar-refractivity contribution in [3.63, 3.8) is 0 Å². The summed E-state index contributed by atoms with van der Waals surface area (Å²) in [5.41, 5.74) is 2.65. The highest BCUT2D eigenvalue weighted by atomic mass is 16.7. The Morgan fingerprint density at radius 1 is 1.21 bits per heavy atom. The number of methoxy groups -OCH3 is 1. The van der Waals surface area contributed by atoms with Crippen molar-refractivity contribution in [1.82, 2.24) is 10.2 Å². The first-order chi connectivity index (χ1) is 13.7. The fourth-order valence-corrected chi connectivity index (χ4v) is 3.60. The van der Waals surface area contributed by atoms with Crippen LogP contribution in [0.15, 0.2) is 42.5 Å². The summed E-state index contributed by atoms with van der Waals surface area (Å²) in [5, 5.41) is 2.96. The number of nitrogens with one attached hydrogen (secondary N) is 1. The number of amides is 2. The predicted molar refractivity (Wildman–Crippen MR) is 101 cm³/mol. The highest BCUT2D eigenvalue weighted by Crippen LogP contribution is 2.33. The van der Waals surface area contributed by atoms with Crippen LogP contribution in [0.5, 0.6) is 11.5 Å². The topological polar surface area (TPSA) is 77.1 Å². The Bertz CT molecular complexity index is 898. The van der Waals surface area contributed by atoms with Gasteiger partial charge in [0.05, 0.1) is 13.0 Å². The van der Waals surface area contributed by atoms with Gasteiger partial charge in [0.15, 0.2) is 11.5 Å². The number of carbonyl (C=O) groups excluding carboxylic acids is 2. The largest absolute Gasteiger partial charge is 0.454 e. The van der Waals surface area contributed by atoms with Gasteiger partial charge < -0.3 is 24.4 Å². The molecule has 0 unspecified atom stereocenters. The van der Waals surface area contributed by atoms with Gasteiger partial charge >= 0.3 is 0 Å². The third kappa shape index (κ3) is 3.53. The van der Waals surface area contributed by atoms with E-state index in [1.807, 2.05) is 42.5 Å². The Morgan fingerprint density at radius 3 is 2.89 bits per heavy atom. The van der Waals surface area contributed by atoms with Crippen LogP contribution < -0.4 is 14.8 Å². The third-order valence-corrected chi connectivity index (χ3v) is 5.01. The lowest BCUT2D eigenvalue weighted by Crippen LogP contribution is -2.48. The van der Waals surface area contributed by atoms with Crippen LogP contribution >= 0.6 is 0 Å². The summed E-state index contributed by atoms with van der Waals surface area (Å²) in [6.07, 6.45) is 0.297. The number of rotatable bonds is 6. The molecule has 2 amide bonds. The van der Waals surface area contributed by atoms with E-state index in [1.54, 1.807) is 12.0 Å². The van der Waals surface area contributed by atoms with Crippen molar-refractivity contribution in [2.45, 2.75) is 19.0 Å². The van der Waals surface area contributed by atoms with Gasteiger partial charge in [0.2, 0.25) is 18.6 Å². The molecule has 0 aliphatic carbocycles. The zero-order chi connectivity index (χ0) is 19.5. The van der Waals surface area contributed by atoms with Crippen molar-refractivity contribution in [1.29, 1.82) is 0 Å². The van der Waals surface area contributed by atoms with Crippen molar-refractivity contribution < 1.29 is 23.8 Å². The maximum absolute atomic E-state index is 13.1. The number of nitrogens with zero attached hydrogens (tertiary/aromatic N) is 1. The Morgan fingerprint density at radius 2 is 2.04 bits per heavy atom. The molecule has 2 aromatic carbocycles. The first-order valence-electron chi connectivity index (χ1n) is 9.20. The van der Waals surface area contributed by atoms with E-state index in [1.165, 1.54) is 0 Å². The molecule has 1 N–H and O–H groups in total. The minimum atomic E-state index is -0.665. The second kappa shape index (κ2) is 7.90. The molecular formula is C21H22N2O5. The fourth-order valence-electron chi connectivity index (χ4n) is 3.60. The van der Waals surface area contributed by atoms with E-state index in [0.29, 0.717) is 37.6 Å². The summed E-state index contributed by atoms with van der Waals surface area (Å²) in [7, 11) is 1.58. The summed E-state index contributed by atoms with van der Waals surface area (Å²) >= 11 is 0. The van der Waals surface area contributed by atoms with E-state index >= 15 is 0 Å². The minimum absolute atomic E-state index is 0.0704. The molecule has 0 spiro atoms. The van der Waals surface area contributed by atoms with Gasteiger partial charge in [-0.1, -0.05) is 30.3 Å². The highest BCUT2D eigenvalue weighted by Gasteiger charge is 2.36. The Kier molecular flexibility index (Phi) is 5.16. The standard InChI is InChI=1S/C21H22N2O5/c1-26-9-8-23-19(24)11-15-4-2-3-5-16(15)20(23)21(25)22-12-14-6-7-17-18(10-14)28-13-27-17/h2-7,10,20H,8-9,11-13H2,1H3,(H,22,25)/t20-/m0/s1. The average molecular weight is 382 g/mol. The summed E-state index contributed by atoms with van der Waals surface area (Å²) in [5.74, 6) is 1.09. The molecule has 0 bridgehead atoms. The zero-order valence-electron chi connectivity index (χ0n) is 15.6. The molecule has 146 valence electrons. The third-order valence-electron chi connectivity index (χ3n) is 5.01. The summed E-state index contributed by atoms with van der Waals surface area (Å²) in [6.45, 7) is 1.28. The van der Waals surface area contributed by atoms with Crippen LogP contribution in [0.3, 0.4) is 0 Å². The molecule has 2 aliphatic heterocycles. The van der Waals surface area contributed by atoms with Crippen LogP contribution in [0.4, 0.5) is 0 Å². The summed E-state index contributed by atoms with van der Waals surface area (Å²) < 4.78 is 15.8. The number of fused-ring (bicyclic) bond motifs is 2. The van der Waals surface area contributed by atoms with Gasteiger partial charge in [-0.2, -0.15) is 0 Å². The predicted octanol–water partition coefficient (Wildman–Crippen LogP) is 1.80. The van der Waals surface area contributed by atoms with Crippen molar-refractivity contribution in [2.24, 2.45) is 0 Å². The summed E-state index contributed by atoms with van der Waals surface area (Å²) in [4.78, 5) is 27.3. The van der Waals surface area contributed by atoms with Gasteiger partial charge in [-0.15, -0.1) is 0 Å². The second-order valence-corrected chi connectivity index (χ2v) is 6.76. The Balaban J connectivity index is 1.53. The van der Waals surface area contributed by atoms with E-state index in [-0.39, 0.29) is 18.6 Å². The van der Waals surface area contributed by atoms with Crippen LogP contribution in [-0.4, -0.2) is 43.8 Å². The number of ether oxygens (including phenoxy) is 3. The van der Waals surface area contributed by atoms with Crippen molar-refractivity contribution in [2.75, 3.05) is 27.1 Å². The van der Waals surface area contributed by atoms with Gasteiger partial charge in [-0.3, -0.25) is 9.59 Å². The van der Waals surface area contributed by atoms with Crippen LogP contribution in [0.1, 0.15) is 22.7 Å². The van der Waals surface area contributed by atoms with Crippen LogP contribution in [0, 0.1) is 0 Å². The molecule has 28 heavy (non-hydrogen) atoms. The molecule has 0 saturated carbocycles. The second-order valence-electron chi connectivity index (χ2n) is 6.76. The highest BCUT2D eigenvalue weighted by molar-refractivity contribution is 5.92. The fraction of sp³-hybridized carbons (Fsp3) is 0.333. The molecule has 0 saturated heterocycles. The maximum atomic E-state index is 13.1. The SMILES string of the molecule is COCCN1C(=O)Cc2ccccc2[C@H]1C(=O)NCc1ccc2c(c1)OCO2. The molecule has 1 atom stereocenters. The van der Waals surface area contributed by atoms with Crippen LogP contribution in [-0.2, 0) is 27.3 Å². The quantitative estimate of drug-likeness (QED) is 0.825. The lowest BCUT2D eigenvalue weighted by molar-refractivity contribution is -0.142. The number of hydrogen-bond acceptors (Lipinski definition) is 5. The van der Waals surface area contributed by atoms with E-state index in [2.05, 4.69) is 5.32 Å². The number of carbonyl (C=O) groups is 2. The van der Waals surface area contributed by atoms with Crippen molar-refractivity contribution >= 4 is 11.8 Å². The molecule has 0 fully saturated rings. The zero-order valence-corrected chi connectivity index (χ0v) is 15.6. The summed E-state index contributed by atoms with van der Waals surface area (Å²) in [6, 6.07) is 12.5. The van der Waals surface area contributed by atoms with E-state index in [0.717, 1.165) is 16.7 Å². The molecule has 2 aliphatic rings. The molecular weight excluding hydrogens is 360 g/mol. The molecule has 7 nitrogen and oxygen atoms in total. The lowest BCUT2D eigenvalue weighted by Gasteiger charge is -2.36. The van der Waals surface area contributed by atoms with Gasteiger partial charge in [0.25, 0.3) is 0 Å². The van der Waals surface area contributed by atoms with Gasteiger partial charge in [-0.05, 0) is 28.8 Å². The lowest BCUT2D eigenvalue weighted by atomic mass is 9.91. The smallest absolute Gasteiger partial charge is 0.247 e. The van der Waals surface area contributed by atoms with Gasteiger partial charge in [0, 0.05) is 20.2 Å². The molecule has 7 heteroatoms. The first-order valence-corrected chi connectivity index (χ1v) is 9.20. The maximum Gasteiger partial charge on any atom is 0.247 e. The number of benzene rings is 2. The van der Waals surface area contributed by atoms with E-state index < -0.39 is 6.04 Å². The molecule has 2 aromatic rings. The van der Waals surface area contributed by atoms with Crippen LogP contribution in [0.25, 0.3) is 0 Å². The monoisotopic (exact) mass is 382 g/mol. The van der Waals surface area contributed by atoms with Gasteiger partial charge in [0.1, 0.15) is 6.04 Å². The minimum Gasteiger partial charge on any atom is -0.454 e. The Labute approximate surface area is 163 Å². The molecule has 0 radical (unpaired) electrons. The van der Waals surface area contributed by atoms with E-state index in [9.17, 15) is 9.59 Å². The normalized spacial score (nSPS) is 17.4. The molecule has 2 heterocycles. The molecule has 0 aromatic heterocycles. The van der Waals surface area contributed by atoms with Crippen molar-refractivity contribution in [3.05, 3.63) is 59.2 Å². The Hall–Kier alpha value is -3.06. The van der Waals surface area contributed by atoms with Crippen molar-refractivity contribution in [3.8, 4) is 11.5 Å².